The Morgan fingerprint density at radius 2 is 1.10 bits per heavy atom. The van der Waals surface area contributed by atoms with E-state index in [4.69, 9.17) is 23.2 Å². The maximum absolute atomic E-state index is 8.87. The quantitative estimate of drug-likeness (QED) is 0.217. The van der Waals surface area contributed by atoms with E-state index >= 15 is 0 Å². The van der Waals surface area contributed by atoms with E-state index in [1.54, 1.807) is 0 Å². The fourth-order valence-corrected chi connectivity index (χ4v) is 19.0. The summed E-state index contributed by atoms with van der Waals surface area (Å²) in [7, 11) is 0. The van der Waals surface area contributed by atoms with Crippen LogP contribution in [-0.4, -0.2) is 27.1 Å². The summed E-state index contributed by atoms with van der Waals surface area (Å²) >= 11 is 16.7. The molecule has 3 fully saturated rings. The number of anilines is 2. The predicted molar refractivity (Wildman–Crippen MR) is 221 cm³/mol. The zero-order valence-electron chi connectivity index (χ0n) is 31.6. The minimum absolute atomic E-state index is 0.130. The molecule has 0 saturated heterocycles. The molecule has 2 aromatic carbocycles. The Balaban J connectivity index is 1.73. The highest BCUT2D eigenvalue weighted by atomic mass is 35.5. The van der Waals surface area contributed by atoms with Gasteiger partial charge in [-0.1, -0.05) is 98.2 Å². The fourth-order valence-electron chi connectivity index (χ4n) is 10.4. The van der Waals surface area contributed by atoms with E-state index in [1.165, 1.54) is 126 Å². The van der Waals surface area contributed by atoms with Gasteiger partial charge in [-0.3, -0.25) is 0 Å². The van der Waals surface area contributed by atoms with Crippen LogP contribution in [0.3, 0.4) is 0 Å². The van der Waals surface area contributed by atoms with Crippen LogP contribution in [0.5, 0.6) is 0 Å². The largest absolute Gasteiger partial charge is 0.301 e. The first-order valence-electron chi connectivity index (χ1n) is 19.3. The van der Waals surface area contributed by atoms with Gasteiger partial charge in [0.1, 0.15) is 5.82 Å². The van der Waals surface area contributed by atoms with Gasteiger partial charge in [0.15, 0.2) is 0 Å². The van der Waals surface area contributed by atoms with Crippen molar-refractivity contribution in [3.05, 3.63) is 93.1 Å². The van der Waals surface area contributed by atoms with Crippen LogP contribution in [-0.2, 0) is 0 Å². The number of aryl methyl sites for hydroxylation is 6. The normalized spacial score (nSPS) is 24.2. The Kier molecular flexibility index (Phi) is 11.3. The second-order valence-corrected chi connectivity index (χ2v) is 21.8. The molecule has 2 nitrogen and oxygen atoms in total. The van der Waals surface area contributed by atoms with Crippen LogP contribution < -0.4 is 9.80 Å². The first-order chi connectivity index (χ1) is 23.4. The summed E-state index contributed by atoms with van der Waals surface area (Å²) in [6.45, 7) is 16.1. The molecule has 3 aliphatic carbocycles. The molecular formula is C44H61Cl2N2P. The highest BCUT2D eigenvalue weighted by Crippen LogP contribution is 2.77. The standard InChI is InChI=1S/C44H61Cl2N2P/c1-30(2)21-25-49(37-16-11-9-12-17-37,38-18-13-10-14-19-38)44(46)22-15-20-39(45)40(44)43-47(41-33(5)26-31(3)27-34(41)6)23-24-48(43)42-35(7)28-32(4)29-36(42)8/h21,23-29,37-39H,9-20,22H2,1-8H3. The SMILES string of the molecule is CC(C)=CC=P(C1CCCCC1)(C1CCCCC1)C1(Cl)CCCC(Cl)C1=C1N(c2c(C)cc(C)cc2C)C=CN1c1c(C)cc(C)cc1C. The minimum Gasteiger partial charge on any atom is -0.301 e. The Morgan fingerprint density at radius 1 is 0.673 bits per heavy atom. The molecule has 0 spiro atoms. The maximum atomic E-state index is 8.87. The molecule has 3 saturated carbocycles. The van der Waals surface area contributed by atoms with Gasteiger partial charge in [-0.2, -0.15) is 0 Å². The van der Waals surface area contributed by atoms with Gasteiger partial charge in [0, 0.05) is 18.0 Å². The number of hydrogen-bond acceptors (Lipinski definition) is 2. The monoisotopic (exact) mass is 718 g/mol. The van der Waals surface area contributed by atoms with E-state index in [1.807, 2.05) is 0 Å². The van der Waals surface area contributed by atoms with Crippen molar-refractivity contribution in [3.63, 3.8) is 0 Å². The molecule has 5 heteroatoms. The smallest absolute Gasteiger partial charge is 0.124 e. The Labute approximate surface area is 309 Å². The van der Waals surface area contributed by atoms with Crippen LogP contribution in [0.2, 0.25) is 0 Å². The van der Waals surface area contributed by atoms with Crippen molar-refractivity contribution >= 4 is 47.3 Å². The summed E-state index contributed by atoms with van der Waals surface area (Å²) in [6, 6.07) is 9.34. The van der Waals surface area contributed by atoms with Gasteiger partial charge in [-0.05, 0) is 134 Å². The summed E-state index contributed by atoms with van der Waals surface area (Å²) < 4.78 is -0.509. The summed E-state index contributed by atoms with van der Waals surface area (Å²) in [5.41, 5.74) is 14.3. The number of allylic oxidation sites excluding steroid dienone is 3. The lowest BCUT2D eigenvalue weighted by atomic mass is 9.91. The highest BCUT2D eigenvalue weighted by molar-refractivity contribution is 7.79. The number of hydrogen-bond donors (Lipinski definition) is 0. The average Bonchev–Trinajstić information content (AvgIpc) is 3.44. The Morgan fingerprint density at radius 3 is 1.51 bits per heavy atom. The highest BCUT2D eigenvalue weighted by Gasteiger charge is 2.57. The van der Waals surface area contributed by atoms with Gasteiger partial charge in [0.2, 0.25) is 0 Å². The molecule has 4 aliphatic rings. The zero-order valence-corrected chi connectivity index (χ0v) is 34.0. The van der Waals surface area contributed by atoms with Gasteiger partial charge >= 0.3 is 0 Å². The second kappa shape index (κ2) is 15.0. The number of halogens is 2. The van der Waals surface area contributed by atoms with Crippen molar-refractivity contribution in [2.45, 2.75) is 160 Å². The molecule has 6 rings (SSSR count). The van der Waals surface area contributed by atoms with Crippen molar-refractivity contribution in [3.8, 4) is 0 Å². The van der Waals surface area contributed by atoms with Gasteiger partial charge in [-0.15, -0.1) is 23.2 Å². The van der Waals surface area contributed by atoms with Crippen LogP contribution >= 0.6 is 30.1 Å². The Bertz CT molecular complexity index is 1560. The van der Waals surface area contributed by atoms with E-state index < -0.39 is 11.5 Å². The molecule has 266 valence electrons. The third-order valence-corrected chi connectivity index (χ3v) is 19.6. The number of rotatable bonds is 6. The van der Waals surface area contributed by atoms with Gasteiger partial charge in [-0.25, -0.2) is 0 Å². The second-order valence-electron chi connectivity index (χ2n) is 16.2. The summed E-state index contributed by atoms with van der Waals surface area (Å²) in [6.07, 6.45) is 23.4. The molecule has 1 heterocycles. The molecule has 0 N–H and O–H groups in total. The molecule has 49 heavy (non-hydrogen) atoms. The van der Waals surface area contributed by atoms with E-state index in [-0.39, 0.29) is 5.38 Å². The molecule has 0 amide bonds. The third kappa shape index (κ3) is 6.78. The molecule has 0 bridgehead atoms. The van der Waals surface area contributed by atoms with Crippen LogP contribution in [0.1, 0.15) is 131 Å². The molecule has 2 aromatic rings. The fraction of sp³-hybridized carbons (Fsp3) is 0.568. The lowest BCUT2D eigenvalue weighted by Crippen LogP contribution is -2.45. The number of alkyl halides is 2. The Hall–Kier alpha value is -1.86. The van der Waals surface area contributed by atoms with Crippen LogP contribution in [0, 0.1) is 41.5 Å². The van der Waals surface area contributed by atoms with Crippen molar-refractivity contribution in [2.75, 3.05) is 9.80 Å². The van der Waals surface area contributed by atoms with Gasteiger partial charge in [0.05, 0.1) is 21.4 Å². The van der Waals surface area contributed by atoms with E-state index in [9.17, 15) is 0 Å². The van der Waals surface area contributed by atoms with Crippen LogP contribution in [0.25, 0.3) is 0 Å². The lowest BCUT2D eigenvalue weighted by Gasteiger charge is -2.56. The first-order valence-corrected chi connectivity index (χ1v) is 22.1. The molecular weight excluding hydrogens is 658 g/mol. The maximum Gasteiger partial charge on any atom is 0.124 e. The van der Waals surface area contributed by atoms with E-state index in [2.05, 4.69) is 114 Å². The van der Waals surface area contributed by atoms with Crippen molar-refractivity contribution in [2.24, 2.45) is 0 Å². The van der Waals surface area contributed by atoms with Crippen molar-refractivity contribution in [1.82, 2.24) is 0 Å². The molecule has 2 unspecified atom stereocenters. The number of nitrogens with zero attached hydrogens (tertiary/aromatic N) is 2. The first kappa shape index (κ1) is 36.9. The van der Waals surface area contributed by atoms with Crippen molar-refractivity contribution < 1.29 is 0 Å². The predicted octanol–water partition coefficient (Wildman–Crippen LogP) is 13.7. The topological polar surface area (TPSA) is 6.48 Å². The summed E-state index contributed by atoms with van der Waals surface area (Å²) in [5.74, 6) is 3.97. The summed E-state index contributed by atoms with van der Waals surface area (Å²) in [5, 5.41) is -0.130. The lowest BCUT2D eigenvalue weighted by molar-refractivity contribution is 0.469. The number of benzene rings is 2. The van der Waals surface area contributed by atoms with Crippen molar-refractivity contribution in [1.29, 1.82) is 0 Å². The molecule has 0 aromatic heterocycles. The van der Waals surface area contributed by atoms with Gasteiger partial charge < -0.3 is 9.80 Å². The van der Waals surface area contributed by atoms with E-state index in [0.717, 1.165) is 19.3 Å². The van der Waals surface area contributed by atoms with Crippen LogP contribution in [0.4, 0.5) is 11.4 Å². The summed E-state index contributed by atoms with van der Waals surface area (Å²) in [4.78, 5) is 4.99. The third-order valence-electron chi connectivity index (χ3n) is 12.1. The van der Waals surface area contributed by atoms with Gasteiger partial charge in [0.25, 0.3) is 0 Å². The minimum atomic E-state index is -1.99. The van der Waals surface area contributed by atoms with Crippen LogP contribution in [0.15, 0.2) is 59.7 Å². The van der Waals surface area contributed by atoms with E-state index in [0.29, 0.717) is 11.3 Å². The molecule has 0 radical (unpaired) electrons. The zero-order chi connectivity index (χ0) is 35.1. The average molecular weight is 720 g/mol. The molecule has 1 aliphatic heterocycles. The molecule has 2 atom stereocenters.